The molecular weight excluding hydrogens is 400 g/mol. The van der Waals surface area contributed by atoms with Crippen molar-refractivity contribution in [3.05, 3.63) is 40.3 Å². The zero-order valence-electron chi connectivity index (χ0n) is 12.9. The van der Waals surface area contributed by atoms with Gasteiger partial charge < -0.3 is 5.11 Å². The molecule has 128 valence electrons. The Morgan fingerprint density at radius 1 is 1.25 bits per heavy atom. The highest BCUT2D eigenvalue weighted by Crippen LogP contribution is 2.25. The van der Waals surface area contributed by atoms with Crippen LogP contribution in [0.3, 0.4) is 0 Å². The van der Waals surface area contributed by atoms with Crippen LogP contribution in [0.25, 0.3) is 0 Å². The summed E-state index contributed by atoms with van der Waals surface area (Å²) in [5, 5.41) is 9.19. The molecule has 3 N–H and O–H groups in total. The number of carboxylic acids is 1. The van der Waals surface area contributed by atoms with Crippen LogP contribution in [0.2, 0.25) is 0 Å². The lowest BCUT2D eigenvalue weighted by molar-refractivity contribution is 0.0697. The first kappa shape index (κ1) is 18.1. The van der Waals surface area contributed by atoms with E-state index in [0.717, 1.165) is 0 Å². The Balaban J connectivity index is 2.38. The number of nitrogens with zero attached hydrogens (tertiary/aromatic N) is 2. The zero-order valence-corrected chi connectivity index (χ0v) is 15.3. The van der Waals surface area contributed by atoms with Gasteiger partial charge in [-0.2, -0.15) is 0 Å². The molecule has 0 aromatic carbocycles. The van der Waals surface area contributed by atoms with E-state index in [1.54, 1.807) is 6.92 Å². The van der Waals surface area contributed by atoms with Crippen LogP contribution in [-0.2, 0) is 9.84 Å². The van der Waals surface area contributed by atoms with Crippen molar-refractivity contribution < 1.29 is 18.3 Å². The number of hydrogen-bond donors (Lipinski definition) is 3. The summed E-state index contributed by atoms with van der Waals surface area (Å²) in [7, 11) is -3.51. The number of sulfone groups is 1. The van der Waals surface area contributed by atoms with Crippen LogP contribution in [0.15, 0.2) is 33.9 Å². The van der Waals surface area contributed by atoms with Crippen LogP contribution in [0.1, 0.15) is 23.0 Å². The van der Waals surface area contributed by atoms with Gasteiger partial charge in [-0.25, -0.2) is 18.2 Å². The summed E-state index contributed by atoms with van der Waals surface area (Å²) in [5.41, 5.74) is 6.17. The molecule has 0 unspecified atom stereocenters. The summed E-state index contributed by atoms with van der Waals surface area (Å²) in [5.74, 6) is -1.17. The minimum Gasteiger partial charge on any atom is -0.478 e. The number of aromatic nitrogens is 2. The van der Waals surface area contributed by atoms with Gasteiger partial charge in [0.2, 0.25) is 0 Å². The van der Waals surface area contributed by atoms with E-state index in [1.807, 2.05) is 0 Å². The number of aryl methyl sites for hydroxylation is 1. The van der Waals surface area contributed by atoms with Gasteiger partial charge in [0, 0.05) is 22.6 Å². The minimum absolute atomic E-state index is 0.00882. The molecule has 8 nitrogen and oxygen atoms in total. The normalized spacial score (nSPS) is 11.1. The van der Waals surface area contributed by atoms with Crippen molar-refractivity contribution in [3.63, 3.8) is 0 Å². The van der Waals surface area contributed by atoms with E-state index in [4.69, 9.17) is 0 Å². The van der Waals surface area contributed by atoms with Gasteiger partial charge >= 0.3 is 5.97 Å². The second-order valence-corrected chi connectivity index (χ2v) is 7.99. The third-order valence-electron chi connectivity index (χ3n) is 3.12. The maximum Gasteiger partial charge on any atom is 0.339 e. The molecule has 0 bridgehead atoms. The first-order chi connectivity index (χ1) is 11.2. The molecule has 0 aliphatic carbocycles. The number of nitrogens with one attached hydrogen (secondary N) is 2. The number of pyridine rings is 2. The fourth-order valence-corrected chi connectivity index (χ4v) is 3.37. The van der Waals surface area contributed by atoms with Crippen LogP contribution in [0.4, 0.5) is 11.5 Å². The van der Waals surface area contributed by atoms with E-state index in [0.29, 0.717) is 10.2 Å². The molecule has 2 aromatic rings. The van der Waals surface area contributed by atoms with Crippen LogP contribution in [0, 0.1) is 6.92 Å². The van der Waals surface area contributed by atoms with Crippen LogP contribution in [-0.4, -0.2) is 35.2 Å². The van der Waals surface area contributed by atoms with Gasteiger partial charge in [0.1, 0.15) is 10.5 Å². The average Bonchev–Trinajstić information content (AvgIpc) is 2.53. The minimum atomic E-state index is -3.51. The maximum atomic E-state index is 12.2. The summed E-state index contributed by atoms with van der Waals surface area (Å²) in [6.07, 6.45) is 2.66. The third kappa shape index (κ3) is 4.01. The zero-order chi connectivity index (χ0) is 17.9. The Labute approximate surface area is 147 Å². The second-order valence-electron chi connectivity index (χ2n) is 4.83. The molecule has 0 saturated heterocycles. The molecule has 0 amide bonds. The molecule has 0 spiro atoms. The number of hydrogen-bond acceptors (Lipinski definition) is 7. The number of aromatic carboxylic acids is 1. The van der Waals surface area contributed by atoms with E-state index in [2.05, 4.69) is 36.7 Å². The highest BCUT2D eigenvalue weighted by Gasteiger charge is 2.19. The lowest BCUT2D eigenvalue weighted by atomic mass is 10.2. The molecule has 0 fully saturated rings. The van der Waals surface area contributed by atoms with Crippen molar-refractivity contribution >= 4 is 43.2 Å². The molecule has 24 heavy (non-hydrogen) atoms. The SMILES string of the molecule is CCS(=O)(=O)c1cc(Br)cnc1NNc1cc(C)ncc1C(=O)O. The summed E-state index contributed by atoms with van der Waals surface area (Å²) in [4.78, 5) is 19.2. The Morgan fingerprint density at radius 2 is 1.96 bits per heavy atom. The topological polar surface area (TPSA) is 121 Å². The van der Waals surface area contributed by atoms with Gasteiger partial charge in [0.25, 0.3) is 0 Å². The summed E-state index contributed by atoms with van der Waals surface area (Å²) < 4.78 is 24.9. The number of carbonyl (C=O) groups is 1. The molecule has 2 rings (SSSR count). The third-order valence-corrected chi connectivity index (χ3v) is 5.30. The molecule has 0 aliphatic heterocycles. The number of carboxylic acid groups (broad SMARTS) is 1. The van der Waals surface area contributed by atoms with Gasteiger partial charge in [-0.15, -0.1) is 0 Å². The van der Waals surface area contributed by atoms with Gasteiger partial charge in [-0.3, -0.25) is 15.8 Å². The molecular formula is C14H15BrN4O4S. The van der Waals surface area contributed by atoms with Gasteiger partial charge in [-0.05, 0) is 35.0 Å². The van der Waals surface area contributed by atoms with Crippen molar-refractivity contribution in [1.82, 2.24) is 9.97 Å². The van der Waals surface area contributed by atoms with Crippen LogP contribution in [0.5, 0.6) is 0 Å². The Bertz CT molecular complexity index is 886. The Kier molecular flexibility index (Phi) is 5.40. The fraction of sp³-hybridized carbons (Fsp3) is 0.214. The maximum absolute atomic E-state index is 12.2. The average molecular weight is 415 g/mol. The van der Waals surface area contributed by atoms with Crippen molar-refractivity contribution in [2.24, 2.45) is 0 Å². The van der Waals surface area contributed by atoms with Crippen molar-refractivity contribution in [1.29, 1.82) is 0 Å². The predicted molar refractivity (Wildman–Crippen MR) is 92.8 cm³/mol. The van der Waals surface area contributed by atoms with Crippen molar-refractivity contribution in [3.8, 4) is 0 Å². The number of anilines is 2. The molecule has 0 aliphatic rings. The second kappa shape index (κ2) is 7.14. The van der Waals surface area contributed by atoms with Gasteiger partial charge in [-0.1, -0.05) is 6.92 Å². The molecule has 10 heteroatoms. The highest BCUT2D eigenvalue weighted by atomic mass is 79.9. The van der Waals surface area contributed by atoms with Crippen LogP contribution >= 0.6 is 15.9 Å². The van der Waals surface area contributed by atoms with Crippen LogP contribution < -0.4 is 10.9 Å². The lowest BCUT2D eigenvalue weighted by Crippen LogP contribution is -2.17. The van der Waals surface area contributed by atoms with E-state index < -0.39 is 15.8 Å². The predicted octanol–water partition coefficient (Wildman–Crippen LogP) is 2.48. The standard InChI is InChI=1S/C14H15BrN4O4S/c1-3-24(22,23)12-5-9(15)6-17-13(12)19-18-11-4-8(2)16-7-10(11)14(20)21/h4-7H,3H2,1-2H3,(H,16,18)(H,17,19)(H,20,21). The largest absolute Gasteiger partial charge is 0.478 e. The Morgan fingerprint density at radius 3 is 2.58 bits per heavy atom. The number of halogens is 1. The first-order valence-corrected chi connectivity index (χ1v) is 9.29. The molecule has 0 atom stereocenters. The van der Waals surface area contributed by atoms with Crippen molar-refractivity contribution in [2.45, 2.75) is 18.7 Å². The van der Waals surface area contributed by atoms with E-state index in [9.17, 15) is 18.3 Å². The monoisotopic (exact) mass is 414 g/mol. The van der Waals surface area contributed by atoms with E-state index >= 15 is 0 Å². The van der Waals surface area contributed by atoms with Gasteiger partial charge in [0.05, 0.1) is 11.4 Å². The molecule has 2 heterocycles. The number of rotatable bonds is 6. The molecule has 0 radical (unpaired) electrons. The smallest absolute Gasteiger partial charge is 0.339 e. The Hall–Kier alpha value is -2.20. The molecule has 0 saturated carbocycles. The fourth-order valence-electron chi connectivity index (χ4n) is 1.87. The van der Waals surface area contributed by atoms with Gasteiger partial charge in [0.15, 0.2) is 15.7 Å². The van der Waals surface area contributed by atoms with E-state index in [-0.39, 0.29) is 27.7 Å². The van der Waals surface area contributed by atoms with Crippen molar-refractivity contribution in [2.75, 3.05) is 16.6 Å². The summed E-state index contributed by atoms with van der Waals surface area (Å²) in [6.45, 7) is 3.24. The number of hydrazine groups is 1. The quantitative estimate of drug-likeness (QED) is 0.616. The first-order valence-electron chi connectivity index (χ1n) is 6.85. The molecule has 2 aromatic heterocycles. The summed E-state index contributed by atoms with van der Waals surface area (Å²) >= 11 is 3.19. The highest BCUT2D eigenvalue weighted by molar-refractivity contribution is 9.10. The summed E-state index contributed by atoms with van der Waals surface area (Å²) in [6, 6.07) is 2.97. The lowest BCUT2D eigenvalue weighted by Gasteiger charge is -2.14. The van der Waals surface area contributed by atoms with E-state index in [1.165, 1.54) is 31.5 Å².